The van der Waals surface area contributed by atoms with Gasteiger partial charge >= 0.3 is 0 Å². The lowest BCUT2D eigenvalue weighted by atomic mass is 9.71. The van der Waals surface area contributed by atoms with Crippen molar-refractivity contribution in [2.75, 3.05) is 7.11 Å². The van der Waals surface area contributed by atoms with E-state index < -0.39 is 28.6 Å². The number of ketones is 2. The number of nitrogens with one attached hydrogen (secondary N) is 1. The summed E-state index contributed by atoms with van der Waals surface area (Å²) in [5.41, 5.74) is 3.61. The average molecular weight is 506 g/mol. The van der Waals surface area contributed by atoms with Crippen molar-refractivity contribution in [3.63, 3.8) is 0 Å². The minimum absolute atomic E-state index is 0.00330. The molecular weight excluding hydrogens is 474 g/mol. The fraction of sp³-hybridized carbons (Fsp3) is 0.345. The maximum atomic E-state index is 13.6. The Kier molecular flexibility index (Phi) is 6.40. The van der Waals surface area contributed by atoms with Gasteiger partial charge < -0.3 is 25.0 Å². The first-order valence-electron chi connectivity index (χ1n) is 12.1. The number of rotatable bonds is 6. The second kappa shape index (κ2) is 9.10. The number of fused-ring (bicyclic) bond motifs is 3. The van der Waals surface area contributed by atoms with Crippen LogP contribution in [-0.4, -0.2) is 34.8 Å². The summed E-state index contributed by atoms with van der Waals surface area (Å²) in [7, 11) is 1.36. The topological polar surface area (TPSA) is 122 Å². The largest absolute Gasteiger partial charge is 0.507 e. The molecule has 2 aromatic carbocycles. The number of benzene rings is 2. The average Bonchev–Trinajstić information content (AvgIpc) is 3.13. The Morgan fingerprint density at radius 1 is 1.11 bits per heavy atom. The Balaban J connectivity index is 1.81. The third-order valence-electron chi connectivity index (χ3n) is 7.53. The molecule has 0 radical (unpaired) electrons. The predicted molar refractivity (Wildman–Crippen MR) is 137 cm³/mol. The number of phenols is 1. The summed E-state index contributed by atoms with van der Waals surface area (Å²) in [5.74, 6) is -2.70. The molecule has 3 N–H and O–H groups in total. The summed E-state index contributed by atoms with van der Waals surface area (Å²) in [6.07, 6.45) is 1.99. The second-order valence-electron chi connectivity index (χ2n) is 9.69. The van der Waals surface area contributed by atoms with Gasteiger partial charge in [-0.3, -0.25) is 14.4 Å². The van der Waals surface area contributed by atoms with Crippen molar-refractivity contribution in [3.05, 3.63) is 74.2 Å². The van der Waals surface area contributed by atoms with Crippen LogP contribution in [0.2, 0.25) is 0 Å². The molecule has 194 valence electrons. The fourth-order valence-corrected chi connectivity index (χ4v) is 5.43. The van der Waals surface area contributed by atoms with Crippen molar-refractivity contribution < 1.29 is 34.1 Å². The van der Waals surface area contributed by atoms with Crippen molar-refractivity contribution >= 4 is 17.5 Å². The van der Waals surface area contributed by atoms with E-state index in [2.05, 4.69) is 18.3 Å². The number of Topliss-reactive ketones (excluding diaryl/α,β-unsaturated/α-hetero) is 2. The first kappa shape index (κ1) is 26.0. The van der Waals surface area contributed by atoms with Gasteiger partial charge in [-0.2, -0.15) is 0 Å². The molecule has 0 bridgehead atoms. The van der Waals surface area contributed by atoms with Crippen LogP contribution < -0.4 is 14.8 Å². The molecule has 4 rings (SSSR count). The number of phenolic OH excluding ortho intramolecular Hbond substituents is 1. The molecule has 0 unspecified atom stereocenters. The summed E-state index contributed by atoms with van der Waals surface area (Å²) in [6.45, 7) is 11.1. The molecule has 0 fully saturated rings. The monoisotopic (exact) mass is 505 g/mol. The van der Waals surface area contributed by atoms with Gasteiger partial charge in [-0.1, -0.05) is 13.0 Å². The lowest BCUT2D eigenvalue weighted by Crippen LogP contribution is -2.38. The number of carbonyl (C=O) groups is 3. The summed E-state index contributed by atoms with van der Waals surface area (Å²) in [4.78, 5) is 39.1. The number of ether oxygens (including phenoxy) is 2. The Hall–Kier alpha value is -4.07. The highest BCUT2D eigenvalue weighted by Gasteiger charge is 2.55. The fourth-order valence-electron chi connectivity index (χ4n) is 5.43. The van der Waals surface area contributed by atoms with E-state index in [4.69, 9.17) is 9.47 Å². The summed E-state index contributed by atoms with van der Waals surface area (Å²) in [5, 5.41) is 24.2. The van der Waals surface area contributed by atoms with Crippen LogP contribution in [0.15, 0.2) is 35.3 Å². The molecule has 0 spiro atoms. The van der Waals surface area contributed by atoms with Gasteiger partial charge in [-0.05, 0) is 68.9 Å². The van der Waals surface area contributed by atoms with Crippen LogP contribution in [0.4, 0.5) is 0 Å². The highest BCUT2D eigenvalue weighted by Crippen LogP contribution is 2.56. The third kappa shape index (κ3) is 3.79. The van der Waals surface area contributed by atoms with Crippen molar-refractivity contribution in [2.45, 2.75) is 59.9 Å². The highest BCUT2D eigenvalue weighted by atomic mass is 16.5. The van der Waals surface area contributed by atoms with Crippen molar-refractivity contribution in [1.29, 1.82) is 0 Å². The lowest BCUT2D eigenvalue weighted by molar-refractivity contribution is -0.123. The van der Waals surface area contributed by atoms with Crippen LogP contribution in [0.1, 0.15) is 64.5 Å². The van der Waals surface area contributed by atoms with Gasteiger partial charge in [-0.15, -0.1) is 0 Å². The van der Waals surface area contributed by atoms with Gasteiger partial charge in [0.2, 0.25) is 0 Å². The van der Waals surface area contributed by atoms with Crippen LogP contribution in [0, 0.1) is 20.8 Å². The molecule has 8 nitrogen and oxygen atoms in total. The number of allylic oxidation sites excluding steroid dienone is 3. The third-order valence-corrected chi connectivity index (χ3v) is 7.53. The predicted octanol–water partition coefficient (Wildman–Crippen LogP) is 4.34. The molecule has 0 saturated carbocycles. The van der Waals surface area contributed by atoms with Gasteiger partial charge in [0.25, 0.3) is 5.91 Å². The molecule has 2 aliphatic rings. The van der Waals surface area contributed by atoms with E-state index in [0.29, 0.717) is 0 Å². The van der Waals surface area contributed by atoms with E-state index in [-0.39, 0.29) is 46.3 Å². The maximum Gasteiger partial charge on any atom is 0.259 e. The summed E-state index contributed by atoms with van der Waals surface area (Å²) in [6, 6.07) is 3.39. The molecule has 1 aliphatic carbocycles. The number of amides is 1. The van der Waals surface area contributed by atoms with E-state index in [1.54, 1.807) is 0 Å². The van der Waals surface area contributed by atoms with Crippen LogP contribution in [0.5, 0.6) is 17.2 Å². The molecule has 8 heteroatoms. The van der Waals surface area contributed by atoms with Gasteiger partial charge in [0.1, 0.15) is 39.6 Å². The lowest BCUT2D eigenvalue weighted by Gasteiger charge is -2.27. The van der Waals surface area contributed by atoms with Crippen molar-refractivity contribution in [1.82, 2.24) is 5.32 Å². The van der Waals surface area contributed by atoms with Crippen molar-refractivity contribution in [2.24, 2.45) is 0 Å². The molecular formula is C29H31NO7. The number of hydrogen-bond acceptors (Lipinski definition) is 7. The van der Waals surface area contributed by atoms with E-state index in [9.17, 15) is 24.6 Å². The number of aromatic hydroxyl groups is 1. The van der Waals surface area contributed by atoms with Crippen molar-refractivity contribution in [3.8, 4) is 17.2 Å². The highest BCUT2D eigenvalue weighted by molar-refractivity contribution is 6.25. The molecule has 37 heavy (non-hydrogen) atoms. The van der Waals surface area contributed by atoms with E-state index >= 15 is 0 Å². The van der Waals surface area contributed by atoms with E-state index in [1.807, 2.05) is 20.8 Å². The second-order valence-corrected chi connectivity index (χ2v) is 9.69. The Bertz CT molecular complexity index is 1450. The quantitative estimate of drug-likeness (QED) is 0.499. The number of aliphatic hydroxyl groups is 1. The van der Waals surface area contributed by atoms with Crippen LogP contribution in [0.25, 0.3) is 0 Å². The Morgan fingerprint density at radius 2 is 1.78 bits per heavy atom. The zero-order valence-electron chi connectivity index (χ0n) is 22.1. The number of carbonyl (C=O) groups excluding carboxylic acids is 3. The number of aryl methyl sites for hydroxylation is 2. The summed E-state index contributed by atoms with van der Waals surface area (Å²) < 4.78 is 11.4. The number of hydrogen-bond donors (Lipinski definition) is 3. The van der Waals surface area contributed by atoms with Gasteiger partial charge in [-0.25, -0.2) is 0 Å². The Morgan fingerprint density at radius 3 is 2.38 bits per heavy atom. The summed E-state index contributed by atoms with van der Waals surface area (Å²) >= 11 is 0. The standard InChI is InChI=1S/C29H31NO7/c1-8-17-14(3)9-13(2)15(4)18(17)12-30-28(35)24-21(36-7)10-20(33)25-26(24)37-22-11-19(32)23(16(5)31)27(34)29(22,25)6/h9-11,32-33H,8,12H2,1-7H3,(H,30,35)/t29-/m1/s1. The molecule has 0 saturated heterocycles. The molecule has 0 aromatic heterocycles. The minimum atomic E-state index is -1.60. The van der Waals surface area contributed by atoms with Crippen LogP contribution in [-0.2, 0) is 28.0 Å². The zero-order valence-corrected chi connectivity index (χ0v) is 22.1. The Labute approximate surface area is 215 Å². The number of methoxy groups -OCH3 is 1. The molecule has 1 heterocycles. The molecule has 2 aromatic rings. The SMILES string of the molecule is CCc1c(C)cc(C)c(C)c1CNC(=O)c1c(OC)cc(O)c2c1OC1=CC(O)=C(C(C)=O)C(=O)[C@]12C. The van der Waals surface area contributed by atoms with E-state index in [1.165, 1.54) is 33.1 Å². The van der Waals surface area contributed by atoms with Gasteiger partial charge in [0.15, 0.2) is 17.3 Å². The van der Waals surface area contributed by atoms with Gasteiger partial charge in [0.05, 0.1) is 12.7 Å². The zero-order chi connectivity index (χ0) is 27.4. The first-order valence-corrected chi connectivity index (χ1v) is 12.1. The number of aliphatic hydroxyl groups excluding tert-OH is 1. The molecule has 1 aliphatic heterocycles. The molecule has 1 amide bonds. The minimum Gasteiger partial charge on any atom is -0.507 e. The van der Waals surface area contributed by atoms with Crippen LogP contribution >= 0.6 is 0 Å². The smallest absolute Gasteiger partial charge is 0.259 e. The maximum absolute atomic E-state index is 13.6. The normalized spacial score (nSPS) is 18.1. The van der Waals surface area contributed by atoms with E-state index in [0.717, 1.165) is 34.2 Å². The first-order chi connectivity index (χ1) is 17.4. The van der Waals surface area contributed by atoms with Crippen LogP contribution in [0.3, 0.4) is 0 Å². The van der Waals surface area contributed by atoms with Gasteiger partial charge in [0, 0.05) is 18.7 Å². The molecule has 1 atom stereocenters.